The number of amides is 2. The van der Waals surface area contributed by atoms with Gasteiger partial charge in [0.05, 0.1) is 28.8 Å². The Bertz CT molecular complexity index is 1300. The second-order valence-corrected chi connectivity index (χ2v) is 9.98. The Morgan fingerprint density at radius 2 is 1.84 bits per heavy atom. The number of carbonyl (C=O) groups excluding carboxylic acids is 4. The van der Waals surface area contributed by atoms with Gasteiger partial charge >= 0.3 is 5.97 Å². The number of hydrogen-bond acceptors (Lipinski definition) is 9. The minimum atomic E-state index is -0.589. The molecule has 2 aromatic heterocycles. The van der Waals surface area contributed by atoms with Crippen molar-refractivity contribution < 1.29 is 23.9 Å². The summed E-state index contributed by atoms with van der Waals surface area (Å²) in [5.74, 6) is -0.810. The van der Waals surface area contributed by atoms with E-state index >= 15 is 0 Å². The fourth-order valence-electron chi connectivity index (χ4n) is 3.64. The van der Waals surface area contributed by atoms with Crippen molar-refractivity contribution in [3.63, 3.8) is 0 Å². The largest absolute Gasteiger partial charge is 0.462 e. The van der Waals surface area contributed by atoms with Crippen LogP contribution in [0.3, 0.4) is 0 Å². The maximum Gasteiger partial charge on any atom is 0.341 e. The molecule has 0 aliphatic rings. The highest BCUT2D eigenvalue weighted by molar-refractivity contribution is 7.99. The first-order chi connectivity index (χ1) is 17.7. The second kappa shape index (κ2) is 12.6. The lowest BCUT2D eigenvalue weighted by molar-refractivity contribution is -0.113. The van der Waals surface area contributed by atoms with Crippen molar-refractivity contribution in [1.29, 1.82) is 0 Å². The van der Waals surface area contributed by atoms with Gasteiger partial charge in [-0.2, -0.15) is 0 Å². The minimum absolute atomic E-state index is 0.00247. The number of nitrogens with zero attached hydrogens (tertiary/aromatic N) is 3. The van der Waals surface area contributed by atoms with Gasteiger partial charge in [0.1, 0.15) is 5.00 Å². The van der Waals surface area contributed by atoms with Crippen LogP contribution >= 0.6 is 23.1 Å². The fourth-order valence-corrected chi connectivity index (χ4v) is 5.55. The SMILES string of the molecule is CCOC(=O)c1c(NC(=O)CSc2nnc([C@@H](C)NC(=O)c3ccccc3)n2CC)sc(C(C)=O)c1C. The number of hydrogen-bond donors (Lipinski definition) is 2. The Morgan fingerprint density at radius 1 is 1.14 bits per heavy atom. The summed E-state index contributed by atoms with van der Waals surface area (Å²) in [6.07, 6.45) is 0. The quantitative estimate of drug-likeness (QED) is 0.208. The highest BCUT2D eigenvalue weighted by Gasteiger charge is 2.26. The molecule has 1 aromatic carbocycles. The summed E-state index contributed by atoms with van der Waals surface area (Å²) in [6.45, 7) is 9.21. The molecule has 0 aliphatic heterocycles. The van der Waals surface area contributed by atoms with E-state index in [1.165, 1.54) is 18.7 Å². The molecule has 0 saturated heterocycles. The molecule has 0 saturated carbocycles. The molecule has 12 heteroatoms. The van der Waals surface area contributed by atoms with E-state index in [9.17, 15) is 19.2 Å². The number of thiophene rings is 1. The van der Waals surface area contributed by atoms with Crippen molar-refractivity contribution in [3.8, 4) is 0 Å². The van der Waals surface area contributed by atoms with Gasteiger partial charge in [-0.25, -0.2) is 4.79 Å². The molecule has 2 N–H and O–H groups in total. The molecule has 2 heterocycles. The summed E-state index contributed by atoms with van der Waals surface area (Å²) in [5.41, 5.74) is 1.22. The van der Waals surface area contributed by atoms with E-state index in [-0.39, 0.29) is 40.5 Å². The highest BCUT2D eigenvalue weighted by Crippen LogP contribution is 2.34. The van der Waals surface area contributed by atoms with Crippen molar-refractivity contribution >= 4 is 51.7 Å². The number of nitrogens with one attached hydrogen (secondary N) is 2. The van der Waals surface area contributed by atoms with Gasteiger partial charge in [-0.1, -0.05) is 30.0 Å². The lowest BCUT2D eigenvalue weighted by Crippen LogP contribution is -2.28. The van der Waals surface area contributed by atoms with Gasteiger partial charge in [-0.15, -0.1) is 21.5 Å². The van der Waals surface area contributed by atoms with Crippen molar-refractivity contribution in [2.45, 2.75) is 52.4 Å². The number of aromatic nitrogens is 3. The molecule has 10 nitrogen and oxygen atoms in total. The van der Waals surface area contributed by atoms with Gasteiger partial charge < -0.3 is 19.9 Å². The summed E-state index contributed by atoms with van der Waals surface area (Å²) in [5, 5.41) is 14.9. The third kappa shape index (κ3) is 6.63. The van der Waals surface area contributed by atoms with Crippen LogP contribution in [0.2, 0.25) is 0 Å². The average molecular weight is 544 g/mol. The Labute approximate surface area is 223 Å². The molecular formula is C25H29N5O5S2. The molecule has 1 atom stereocenters. The van der Waals surface area contributed by atoms with Gasteiger partial charge in [0.15, 0.2) is 16.8 Å². The Kier molecular flexibility index (Phi) is 9.59. The Balaban J connectivity index is 1.70. The predicted molar refractivity (Wildman–Crippen MR) is 142 cm³/mol. The first-order valence-electron chi connectivity index (χ1n) is 11.7. The Hall–Kier alpha value is -3.51. The van der Waals surface area contributed by atoms with Crippen molar-refractivity contribution in [2.24, 2.45) is 0 Å². The monoisotopic (exact) mass is 543 g/mol. The topological polar surface area (TPSA) is 132 Å². The van der Waals surface area contributed by atoms with Gasteiger partial charge in [-0.3, -0.25) is 14.4 Å². The highest BCUT2D eigenvalue weighted by atomic mass is 32.2. The number of Topliss-reactive ketones (excluding diaryl/α,β-unsaturated/α-hetero) is 1. The number of thioether (sulfide) groups is 1. The van der Waals surface area contributed by atoms with E-state index in [1.54, 1.807) is 38.1 Å². The summed E-state index contributed by atoms with van der Waals surface area (Å²) < 4.78 is 6.95. The second-order valence-electron chi connectivity index (χ2n) is 8.02. The van der Waals surface area contributed by atoms with Crippen LogP contribution in [-0.4, -0.2) is 50.7 Å². The van der Waals surface area contributed by atoms with E-state index in [0.29, 0.717) is 33.5 Å². The fraction of sp³-hybridized carbons (Fsp3) is 0.360. The standard InChI is InChI=1S/C25H29N5O5S2/c1-6-30-21(15(4)26-22(33)17-11-9-8-10-12-17)28-29-25(30)36-13-18(32)27-23-19(24(34)35-7-2)14(3)20(37-23)16(5)31/h8-12,15H,6-7,13H2,1-5H3,(H,26,33)(H,27,32)/t15-/m1/s1. The molecular weight excluding hydrogens is 514 g/mol. The van der Waals surface area contributed by atoms with E-state index in [2.05, 4.69) is 20.8 Å². The number of ether oxygens (including phenoxy) is 1. The lowest BCUT2D eigenvalue weighted by atomic mass is 10.1. The predicted octanol–water partition coefficient (Wildman–Crippen LogP) is 4.27. The summed E-state index contributed by atoms with van der Waals surface area (Å²) in [4.78, 5) is 50.1. The third-order valence-corrected chi connectivity index (χ3v) is 7.64. The van der Waals surface area contributed by atoms with Gasteiger partial charge in [0.2, 0.25) is 5.91 Å². The number of benzene rings is 1. The molecule has 0 radical (unpaired) electrons. The Morgan fingerprint density at radius 3 is 2.46 bits per heavy atom. The van der Waals surface area contributed by atoms with Crippen LogP contribution in [0, 0.1) is 6.92 Å². The number of rotatable bonds is 11. The summed E-state index contributed by atoms with van der Waals surface area (Å²) in [6, 6.07) is 8.48. The molecule has 0 fully saturated rings. The van der Waals surface area contributed by atoms with Crippen LogP contribution in [-0.2, 0) is 16.1 Å². The summed E-state index contributed by atoms with van der Waals surface area (Å²) in [7, 11) is 0. The van der Waals surface area contributed by atoms with Gasteiger partial charge in [0, 0.05) is 12.1 Å². The number of ketones is 1. The zero-order valence-electron chi connectivity index (χ0n) is 21.3. The molecule has 196 valence electrons. The molecule has 0 spiro atoms. The molecule has 3 aromatic rings. The van der Waals surface area contributed by atoms with Crippen LogP contribution in [0.4, 0.5) is 5.00 Å². The van der Waals surface area contributed by atoms with Crippen LogP contribution in [0.1, 0.15) is 75.5 Å². The molecule has 0 unspecified atom stereocenters. The number of esters is 1. The average Bonchev–Trinajstić information content (AvgIpc) is 3.43. The zero-order valence-corrected chi connectivity index (χ0v) is 22.9. The first-order valence-corrected chi connectivity index (χ1v) is 13.5. The smallest absolute Gasteiger partial charge is 0.341 e. The van der Waals surface area contributed by atoms with Crippen LogP contribution in [0.15, 0.2) is 35.5 Å². The van der Waals surface area contributed by atoms with Gasteiger partial charge in [0.25, 0.3) is 5.91 Å². The molecule has 0 aliphatic carbocycles. The first kappa shape index (κ1) is 28.1. The molecule has 37 heavy (non-hydrogen) atoms. The molecule has 3 rings (SSSR count). The van der Waals surface area contributed by atoms with E-state index in [4.69, 9.17) is 4.74 Å². The summed E-state index contributed by atoms with van der Waals surface area (Å²) >= 11 is 2.23. The van der Waals surface area contributed by atoms with E-state index in [1.807, 2.05) is 24.5 Å². The lowest BCUT2D eigenvalue weighted by Gasteiger charge is -2.15. The van der Waals surface area contributed by atoms with Gasteiger partial charge in [-0.05, 0) is 52.3 Å². The number of carbonyl (C=O) groups is 4. The normalized spacial score (nSPS) is 11.6. The number of anilines is 1. The van der Waals surface area contributed by atoms with E-state index < -0.39 is 12.0 Å². The maximum absolute atomic E-state index is 12.8. The maximum atomic E-state index is 12.8. The van der Waals surface area contributed by atoms with Crippen LogP contribution in [0.25, 0.3) is 0 Å². The van der Waals surface area contributed by atoms with Crippen molar-refractivity contribution in [2.75, 3.05) is 17.7 Å². The molecule has 0 bridgehead atoms. The van der Waals surface area contributed by atoms with Crippen LogP contribution in [0.5, 0.6) is 0 Å². The van der Waals surface area contributed by atoms with Crippen molar-refractivity contribution in [1.82, 2.24) is 20.1 Å². The molecule has 2 amide bonds. The third-order valence-electron chi connectivity index (χ3n) is 5.36. The minimum Gasteiger partial charge on any atom is -0.462 e. The zero-order chi connectivity index (χ0) is 27.1. The van der Waals surface area contributed by atoms with Crippen LogP contribution < -0.4 is 10.6 Å². The van der Waals surface area contributed by atoms with Crippen molar-refractivity contribution in [3.05, 3.63) is 57.7 Å². The van der Waals surface area contributed by atoms with E-state index in [0.717, 1.165) is 11.3 Å².